The maximum absolute atomic E-state index is 12.4. The molecule has 0 atom stereocenters. The van der Waals surface area contributed by atoms with Gasteiger partial charge in [-0.1, -0.05) is 66.4 Å². The summed E-state index contributed by atoms with van der Waals surface area (Å²) in [6.07, 6.45) is 1.68. The summed E-state index contributed by atoms with van der Waals surface area (Å²) in [7, 11) is 0. The number of halogens is 1. The number of nitrogens with zero attached hydrogens (tertiary/aromatic N) is 2. The highest BCUT2D eigenvalue weighted by atomic mass is 79.9. The zero-order valence-corrected chi connectivity index (χ0v) is 17.2. The quantitative estimate of drug-likeness (QED) is 0.391. The standard InChI is InChI=1S/C22H16BrN3OS/c23-19-10-3-4-11-20(19)25-21(27)14-28-22-18(12-13-24-26-22)17-9-5-7-15-6-1-2-8-16(15)17/h1-13H,14H2,(H,25,27). The summed E-state index contributed by atoms with van der Waals surface area (Å²) < 4.78 is 0.851. The molecule has 0 fully saturated rings. The van der Waals surface area contributed by atoms with E-state index in [9.17, 15) is 4.79 Å². The third-order valence-corrected chi connectivity index (χ3v) is 5.93. The smallest absolute Gasteiger partial charge is 0.234 e. The van der Waals surface area contributed by atoms with E-state index in [0.29, 0.717) is 0 Å². The Morgan fingerprint density at radius 3 is 2.61 bits per heavy atom. The summed E-state index contributed by atoms with van der Waals surface area (Å²) in [4.78, 5) is 12.4. The number of aromatic nitrogens is 2. The van der Waals surface area contributed by atoms with E-state index in [1.807, 2.05) is 48.5 Å². The molecule has 1 N–H and O–H groups in total. The fraction of sp³-hybridized carbons (Fsp3) is 0.0455. The van der Waals surface area contributed by atoms with Gasteiger partial charge in [0.05, 0.1) is 17.6 Å². The van der Waals surface area contributed by atoms with Crippen LogP contribution in [-0.2, 0) is 4.79 Å². The Kier molecular flexibility index (Phi) is 5.69. The number of amides is 1. The van der Waals surface area contributed by atoms with Crippen molar-refractivity contribution in [3.05, 3.63) is 83.5 Å². The molecule has 0 radical (unpaired) electrons. The Hall–Kier alpha value is -2.70. The fourth-order valence-corrected chi connectivity index (χ4v) is 4.14. The number of hydrogen-bond donors (Lipinski definition) is 1. The fourth-order valence-electron chi connectivity index (χ4n) is 2.97. The topological polar surface area (TPSA) is 54.9 Å². The Bertz CT molecular complexity index is 1140. The summed E-state index contributed by atoms with van der Waals surface area (Å²) in [5.74, 6) is 0.157. The molecule has 0 aliphatic rings. The van der Waals surface area contributed by atoms with Crippen molar-refractivity contribution in [3.8, 4) is 11.1 Å². The Morgan fingerprint density at radius 1 is 0.929 bits per heavy atom. The van der Waals surface area contributed by atoms with Gasteiger partial charge in [0.15, 0.2) is 0 Å². The van der Waals surface area contributed by atoms with E-state index in [-0.39, 0.29) is 11.7 Å². The van der Waals surface area contributed by atoms with Gasteiger partial charge in [-0.3, -0.25) is 4.79 Å². The molecule has 138 valence electrons. The second-order valence-corrected chi connectivity index (χ2v) is 7.91. The van der Waals surface area contributed by atoms with Crippen LogP contribution in [-0.4, -0.2) is 21.9 Å². The molecule has 0 unspecified atom stereocenters. The largest absolute Gasteiger partial charge is 0.324 e. The summed E-state index contributed by atoms with van der Waals surface area (Å²) in [6, 6.07) is 23.9. The molecule has 28 heavy (non-hydrogen) atoms. The lowest BCUT2D eigenvalue weighted by Crippen LogP contribution is -2.14. The van der Waals surface area contributed by atoms with Crippen molar-refractivity contribution >= 4 is 50.1 Å². The predicted octanol–water partition coefficient (Wildman–Crippen LogP) is 5.79. The minimum Gasteiger partial charge on any atom is -0.324 e. The number of thioether (sulfide) groups is 1. The van der Waals surface area contributed by atoms with Crippen molar-refractivity contribution in [1.29, 1.82) is 0 Å². The third-order valence-electron chi connectivity index (χ3n) is 4.25. The minimum atomic E-state index is -0.0913. The maximum atomic E-state index is 12.4. The second-order valence-electron chi connectivity index (χ2n) is 6.09. The molecule has 0 aliphatic heterocycles. The lowest BCUT2D eigenvalue weighted by atomic mass is 10.00. The third kappa shape index (κ3) is 4.08. The first-order chi connectivity index (χ1) is 13.7. The summed E-state index contributed by atoms with van der Waals surface area (Å²) in [5.41, 5.74) is 2.81. The molecule has 0 bridgehead atoms. The van der Waals surface area contributed by atoms with Crippen molar-refractivity contribution < 1.29 is 4.79 Å². The summed E-state index contributed by atoms with van der Waals surface area (Å²) in [6.45, 7) is 0. The number of anilines is 1. The molecule has 3 aromatic carbocycles. The van der Waals surface area contributed by atoms with Crippen LogP contribution in [0.3, 0.4) is 0 Å². The van der Waals surface area contributed by atoms with E-state index < -0.39 is 0 Å². The van der Waals surface area contributed by atoms with Gasteiger partial charge in [0, 0.05) is 10.0 Å². The van der Waals surface area contributed by atoms with E-state index in [2.05, 4.69) is 55.7 Å². The van der Waals surface area contributed by atoms with Crippen LogP contribution in [0.1, 0.15) is 0 Å². The van der Waals surface area contributed by atoms with Gasteiger partial charge in [-0.25, -0.2) is 0 Å². The van der Waals surface area contributed by atoms with Crippen molar-refractivity contribution in [1.82, 2.24) is 10.2 Å². The van der Waals surface area contributed by atoms with E-state index >= 15 is 0 Å². The van der Waals surface area contributed by atoms with Crippen LogP contribution >= 0.6 is 27.7 Å². The monoisotopic (exact) mass is 449 g/mol. The number of fused-ring (bicyclic) bond motifs is 1. The molecule has 4 aromatic rings. The molecular weight excluding hydrogens is 434 g/mol. The van der Waals surface area contributed by atoms with Gasteiger partial charge in [0.2, 0.25) is 5.91 Å². The summed E-state index contributed by atoms with van der Waals surface area (Å²) >= 11 is 4.82. The normalized spacial score (nSPS) is 10.8. The van der Waals surface area contributed by atoms with Crippen LogP contribution in [0.5, 0.6) is 0 Å². The lowest BCUT2D eigenvalue weighted by molar-refractivity contribution is -0.113. The van der Waals surface area contributed by atoms with Gasteiger partial charge < -0.3 is 5.32 Å². The van der Waals surface area contributed by atoms with Gasteiger partial charge in [0.25, 0.3) is 0 Å². The molecule has 0 saturated carbocycles. The number of carbonyl (C=O) groups is 1. The molecule has 0 spiro atoms. The Labute approximate surface area is 175 Å². The van der Waals surface area contributed by atoms with Crippen LogP contribution in [0, 0.1) is 0 Å². The molecule has 6 heteroatoms. The van der Waals surface area contributed by atoms with Crippen molar-refractivity contribution in [3.63, 3.8) is 0 Å². The van der Waals surface area contributed by atoms with Crippen molar-refractivity contribution in [2.45, 2.75) is 5.03 Å². The van der Waals surface area contributed by atoms with Gasteiger partial charge >= 0.3 is 0 Å². The number of benzene rings is 3. The maximum Gasteiger partial charge on any atom is 0.234 e. The first kappa shape index (κ1) is 18.7. The number of carbonyl (C=O) groups excluding carboxylic acids is 1. The molecule has 4 rings (SSSR count). The molecule has 0 aliphatic carbocycles. The van der Waals surface area contributed by atoms with Gasteiger partial charge in [-0.2, -0.15) is 5.10 Å². The molecule has 1 aromatic heterocycles. The zero-order valence-electron chi connectivity index (χ0n) is 14.8. The van der Waals surface area contributed by atoms with Crippen LogP contribution in [0.15, 0.2) is 88.5 Å². The van der Waals surface area contributed by atoms with Gasteiger partial charge in [0.1, 0.15) is 5.03 Å². The van der Waals surface area contributed by atoms with E-state index in [0.717, 1.165) is 31.7 Å². The molecule has 1 heterocycles. The predicted molar refractivity (Wildman–Crippen MR) is 118 cm³/mol. The molecular formula is C22H16BrN3OS. The average Bonchev–Trinajstić information content (AvgIpc) is 2.74. The molecule has 1 amide bonds. The lowest BCUT2D eigenvalue weighted by Gasteiger charge is -2.11. The SMILES string of the molecule is O=C(CSc1nnccc1-c1cccc2ccccc12)Nc1ccccc1Br. The number of rotatable bonds is 5. The van der Waals surface area contributed by atoms with E-state index in [4.69, 9.17) is 0 Å². The Balaban J connectivity index is 1.57. The van der Waals surface area contributed by atoms with E-state index in [1.54, 1.807) is 6.20 Å². The first-order valence-corrected chi connectivity index (χ1v) is 10.5. The second kappa shape index (κ2) is 8.54. The molecule has 0 saturated heterocycles. The van der Waals surface area contributed by atoms with Crippen LogP contribution < -0.4 is 5.32 Å². The summed E-state index contributed by atoms with van der Waals surface area (Å²) in [5, 5.41) is 14.3. The van der Waals surface area contributed by atoms with Crippen molar-refractivity contribution in [2.24, 2.45) is 0 Å². The highest BCUT2D eigenvalue weighted by Crippen LogP contribution is 2.34. The highest BCUT2D eigenvalue weighted by molar-refractivity contribution is 9.10. The average molecular weight is 450 g/mol. The van der Waals surface area contributed by atoms with Crippen LogP contribution in [0.2, 0.25) is 0 Å². The Morgan fingerprint density at radius 2 is 1.71 bits per heavy atom. The van der Waals surface area contributed by atoms with Crippen LogP contribution in [0.25, 0.3) is 21.9 Å². The van der Waals surface area contributed by atoms with Crippen molar-refractivity contribution in [2.75, 3.05) is 11.1 Å². The molecule has 4 nitrogen and oxygen atoms in total. The van der Waals surface area contributed by atoms with Gasteiger partial charge in [-0.05, 0) is 50.5 Å². The minimum absolute atomic E-state index is 0.0913. The first-order valence-electron chi connectivity index (χ1n) is 8.69. The van der Waals surface area contributed by atoms with Crippen LogP contribution in [0.4, 0.5) is 5.69 Å². The zero-order chi connectivity index (χ0) is 19.3. The number of hydrogen-bond acceptors (Lipinski definition) is 4. The highest BCUT2D eigenvalue weighted by Gasteiger charge is 2.13. The van der Waals surface area contributed by atoms with E-state index in [1.165, 1.54) is 17.1 Å². The number of nitrogens with one attached hydrogen (secondary N) is 1. The van der Waals surface area contributed by atoms with Gasteiger partial charge in [-0.15, -0.1) is 5.10 Å². The number of para-hydroxylation sites is 1.